The van der Waals surface area contributed by atoms with Crippen LogP contribution in [0.5, 0.6) is 0 Å². The fourth-order valence-electron chi connectivity index (χ4n) is 2.73. The van der Waals surface area contributed by atoms with Gasteiger partial charge in [-0.2, -0.15) is 0 Å². The smallest absolute Gasteiger partial charge is 0.341 e. The van der Waals surface area contributed by atoms with Gasteiger partial charge in [-0.1, -0.05) is 20.8 Å². The van der Waals surface area contributed by atoms with Gasteiger partial charge < -0.3 is 15.4 Å². The molecular weight excluding hydrogens is 312 g/mol. The number of anilines is 1. The average Bonchev–Trinajstić information content (AvgIpc) is 2.82. The van der Waals surface area contributed by atoms with Gasteiger partial charge in [0.15, 0.2) is 0 Å². The molecule has 1 atom stereocenters. The van der Waals surface area contributed by atoms with Crippen molar-refractivity contribution in [3.05, 3.63) is 16.0 Å². The van der Waals surface area contributed by atoms with Crippen LogP contribution in [0, 0.1) is 5.92 Å². The van der Waals surface area contributed by atoms with E-state index in [4.69, 9.17) is 4.74 Å². The van der Waals surface area contributed by atoms with Gasteiger partial charge in [0.25, 0.3) is 0 Å². The number of hydrogen-bond donors (Lipinski definition) is 2. The zero-order chi connectivity index (χ0) is 17.0. The van der Waals surface area contributed by atoms with Crippen molar-refractivity contribution in [2.45, 2.75) is 53.0 Å². The Balaban J connectivity index is 2.23. The van der Waals surface area contributed by atoms with Crippen LogP contribution >= 0.6 is 11.3 Å². The maximum absolute atomic E-state index is 12.3. The summed E-state index contributed by atoms with van der Waals surface area (Å²) in [4.78, 5) is 25.7. The molecule has 2 rings (SSSR count). The van der Waals surface area contributed by atoms with Gasteiger partial charge in [0, 0.05) is 10.9 Å². The number of esters is 1. The van der Waals surface area contributed by atoms with Crippen molar-refractivity contribution in [1.29, 1.82) is 0 Å². The molecule has 2 N–H and O–H groups in total. The Kier molecular flexibility index (Phi) is 6.18. The molecule has 128 valence electrons. The average molecular weight is 338 g/mol. The molecule has 1 aliphatic rings. The molecule has 0 bridgehead atoms. The van der Waals surface area contributed by atoms with E-state index >= 15 is 0 Å². The lowest BCUT2D eigenvalue weighted by atomic mass is 9.88. The van der Waals surface area contributed by atoms with Gasteiger partial charge in [-0.15, -0.1) is 11.3 Å². The first-order valence-electron chi connectivity index (χ1n) is 8.27. The number of rotatable bonds is 6. The first kappa shape index (κ1) is 17.9. The normalized spacial score (nSPS) is 17.0. The summed E-state index contributed by atoms with van der Waals surface area (Å²) in [5.74, 6) is 0.157. The molecule has 0 aliphatic heterocycles. The Hall–Kier alpha value is -1.40. The highest BCUT2D eigenvalue weighted by atomic mass is 32.1. The molecule has 1 heterocycles. The van der Waals surface area contributed by atoms with Crippen LogP contribution in [0.15, 0.2) is 0 Å². The van der Waals surface area contributed by atoms with Gasteiger partial charge >= 0.3 is 5.97 Å². The summed E-state index contributed by atoms with van der Waals surface area (Å²) in [6.07, 6.45) is 2.91. The molecule has 0 saturated heterocycles. The second-order valence-electron chi connectivity index (χ2n) is 6.36. The highest BCUT2D eigenvalue weighted by molar-refractivity contribution is 7.17. The van der Waals surface area contributed by atoms with Gasteiger partial charge in [-0.3, -0.25) is 4.79 Å². The second kappa shape index (κ2) is 7.93. The topological polar surface area (TPSA) is 67.4 Å². The lowest BCUT2D eigenvalue weighted by Crippen LogP contribution is -2.32. The standard InChI is InChI=1S/C17H26N2O3S/c1-5-22-17(21)15-12-7-6-11(4)8-13(12)23-16(15)19-14(20)9-18-10(2)3/h10-11,18H,5-9H2,1-4H3,(H,19,20)/t11-/m0/s1. The molecule has 1 amide bonds. The summed E-state index contributed by atoms with van der Waals surface area (Å²) in [6.45, 7) is 8.56. The Bertz CT molecular complexity index is 581. The van der Waals surface area contributed by atoms with Gasteiger partial charge in [-0.05, 0) is 37.7 Å². The van der Waals surface area contributed by atoms with Gasteiger partial charge in [0.05, 0.1) is 18.7 Å². The van der Waals surface area contributed by atoms with Crippen molar-refractivity contribution in [2.75, 3.05) is 18.5 Å². The van der Waals surface area contributed by atoms with Crippen molar-refractivity contribution in [1.82, 2.24) is 5.32 Å². The predicted molar refractivity (Wildman–Crippen MR) is 93.2 cm³/mol. The van der Waals surface area contributed by atoms with E-state index in [1.54, 1.807) is 6.92 Å². The van der Waals surface area contributed by atoms with Crippen LogP contribution in [0.3, 0.4) is 0 Å². The molecule has 0 saturated carbocycles. The fraction of sp³-hybridized carbons (Fsp3) is 0.647. The molecule has 1 aromatic rings. The van der Waals surface area contributed by atoms with E-state index in [1.807, 2.05) is 13.8 Å². The largest absolute Gasteiger partial charge is 0.462 e. The lowest BCUT2D eigenvalue weighted by molar-refractivity contribution is -0.115. The third kappa shape index (κ3) is 4.54. The number of thiophene rings is 1. The van der Waals surface area contributed by atoms with Crippen LogP contribution in [0.2, 0.25) is 0 Å². The van der Waals surface area contributed by atoms with Crippen molar-refractivity contribution in [3.63, 3.8) is 0 Å². The van der Waals surface area contributed by atoms with Crippen molar-refractivity contribution < 1.29 is 14.3 Å². The van der Waals surface area contributed by atoms with Crippen LogP contribution in [-0.2, 0) is 22.4 Å². The number of carbonyl (C=O) groups excluding carboxylic acids is 2. The molecule has 0 radical (unpaired) electrons. The minimum absolute atomic E-state index is 0.129. The molecule has 0 fully saturated rings. The Morgan fingerprint density at radius 1 is 1.39 bits per heavy atom. The molecule has 1 aliphatic carbocycles. The quantitative estimate of drug-likeness (QED) is 0.783. The Morgan fingerprint density at radius 2 is 2.13 bits per heavy atom. The third-order valence-electron chi connectivity index (χ3n) is 3.92. The first-order valence-corrected chi connectivity index (χ1v) is 9.08. The minimum atomic E-state index is -0.327. The maximum atomic E-state index is 12.3. The SMILES string of the molecule is CCOC(=O)c1c(NC(=O)CNC(C)C)sc2c1CC[C@H](C)C2. The monoisotopic (exact) mass is 338 g/mol. The van der Waals surface area contributed by atoms with Gasteiger partial charge in [0.2, 0.25) is 5.91 Å². The summed E-state index contributed by atoms with van der Waals surface area (Å²) >= 11 is 1.52. The molecule has 1 aromatic heterocycles. The predicted octanol–water partition coefficient (Wildman–Crippen LogP) is 2.99. The number of carbonyl (C=O) groups is 2. The molecule has 0 unspecified atom stereocenters. The van der Waals surface area contributed by atoms with Crippen molar-refractivity contribution in [2.24, 2.45) is 5.92 Å². The van der Waals surface area contributed by atoms with Crippen LogP contribution < -0.4 is 10.6 Å². The van der Waals surface area contributed by atoms with E-state index < -0.39 is 0 Å². The van der Waals surface area contributed by atoms with Crippen molar-refractivity contribution >= 4 is 28.2 Å². The molecular formula is C17H26N2O3S. The summed E-state index contributed by atoms with van der Waals surface area (Å²) in [6, 6.07) is 0.239. The van der Waals surface area contributed by atoms with E-state index in [0.717, 1.165) is 24.8 Å². The summed E-state index contributed by atoms with van der Waals surface area (Å²) in [5.41, 5.74) is 1.63. The van der Waals surface area contributed by atoms with Crippen molar-refractivity contribution in [3.8, 4) is 0 Å². The van der Waals surface area contributed by atoms with Gasteiger partial charge in [-0.25, -0.2) is 4.79 Å². The molecule has 0 spiro atoms. The van der Waals surface area contributed by atoms with E-state index in [-0.39, 0.29) is 24.5 Å². The zero-order valence-corrected chi connectivity index (χ0v) is 15.1. The summed E-state index contributed by atoms with van der Waals surface area (Å²) in [5, 5.41) is 6.62. The number of fused-ring (bicyclic) bond motifs is 1. The fourth-order valence-corrected chi connectivity index (χ4v) is 4.14. The highest BCUT2D eigenvalue weighted by Gasteiger charge is 2.29. The van der Waals surface area contributed by atoms with Gasteiger partial charge in [0.1, 0.15) is 5.00 Å². The van der Waals surface area contributed by atoms with Crippen LogP contribution in [0.4, 0.5) is 5.00 Å². The number of amides is 1. The molecule has 0 aromatic carbocycles. The lowest BCUT2D eigenvalue weighted by Gasteiger charge is -2.18. The van der Waals surface area contributed by atoms with Crippen LogP contribution in [0.25, 0.3) is 0 Å². The van der Waals surface area contributed by atoms with E-state index in [9.17, 15) is 9.59 Å². The third-order valence-corrected chi connectivity index (χ3v) is 5.08. The number of nitrogens with one attached hydrogen (secondary N) is 2. The zero-order valence-electron chi connectivity index (χ0n) is 14.3. The van der Waals surface area contributed by atoms with E-state index in [1.165, 1.54) is 16.2 Å². The maximum Gasteiger partial charge on any atom is 0.341 e. The number of ether oxygens (including phenoxy) is 1. The van der Waals surface area contributed by atoms with E-state index in [0.29, 0.717) is 23.1 Å². The van der Waals surface area contributed by atoms with Crippen LogP contribution in [-0.4, -0.2) is 31.1 Å². The Morgan fingerprint density at radius 3 is 2.78 bits per heavy atom. The highest BCUT2D eigenvalue weighted by Crippen LogP contribution is 2.40. The second-order valence-corrected chi connectivity index (χ2v) is 7.47. The first-order chi connectivity index (χ1) is 10.9. The minimum Gasteiger partial charge on any atom is -0.462 e. The molecule has 6 heteroatoms. The van der Waals surface area contributed by atoms with Crippen LogP contribution in [0.1, 0.15) is 54.9 Å². The Labute approximate surface area is 141 Å². The van der Waals surface area contributed by atoms with E-state index in [2.05, 4.69) is 17.6 Å². The summed E-state index contributed by atoms with van der Waals surface area (Å²) in [7, 11) is 0. The molecule has 23 heavy (non-hydrogen) atoms. The summed E-state index contributed by atoms with van der Waals surface area (Å²) < 4.78 is 5.20. The molecule has 5 nitrogen and oxygen atoms in total. The number of hydrogen-bond acceptors (Lipinski definition) is 5.